The quantitative estimate of drug-likeness (QED) is 0.514. The van der Waals surface area contributed by atoms with E-state index in [4.69, 9.17) is 5.73 Å². The SMILES string of the molecule is CC=NCCC(N)=O. The van der Waals surface area contributed by atoms with E-state index in [0.29, 0.717) is 13.0 Å². The summed E-state index contributed by atoms with van der Waals surface area (Å²) in [5, 5.41) is 0. The molecule has 0 fully saturated rings. The van der Waals surface area contributed by atoms with E-state index in [1.165, 1.54) is 0 Å². The Labute approximate surface area is 48.6 Å². The fourth-order valence-corrected chi connectivity index (χ4v) is 0.304. The van der Waals surface area contributed by atoms with Gasteiger partial charge in [0.05, 0.1) is 0 Å². The second-order valence-electron chi connectivity index (χ2n) is 1.38. The van der Waals surface area contributed by atoms with Crippen LogP contribution in [0.4, 0.5) is 0 Å². The van der Waals surface area contributed by atoms with Crippen LogP contribution in [0.15, 0.2) is 4.99 Å². The van der Waals surface area contributed by atoms with Crippen LogP contribution in [0, 0.1) is 0 Å². The lowest BCUT2D eigenvalue weighted by atomic mass is 10.4. The van der Waals surface area contributed by atoms with Crippen LogP contribution in [0.3, 0.4) is 0 Å². The van der Waals surface area contributed by atoms with Crippen molar-refractivity contribution in [3.63, 3.8) is 0 Å². The summed E-state index contributed by atoms with van der Waals surface area (Å²) in [6, 6.07) is 0. The minimum absolute atomic E-state index is 0.296. The van der Waals surface area contributed by atoms with Gasteiger partial charge in [-0.25, -0.2) is 0 Å². The molecular weight excluding hydrogens is 104 g/mol. The first-order valence-electron chi connectivity index (χ1n) is 2.50. The smallest absolute Gasteiger partial charge is 0.219 e. The van der Waals surface area contributed by atoms with Gasteiger partial charge in [0.15, 0.2) is 0 Å². The normalized spacial score (nSPS) is 10.1. The predicted octanol–water partition coefficient (Wildman–Crippen LogP) is -0.0475. The Morgan fingerprint density at radius 2 is 2.50 bits per heavy atom. The first-order chi connectivity index (χ1) is 3.77. The Bertz CT molecular complexity index is 98.6. The van der Waals surface area contributed by atoms with Crippen LogP contribution in [0.1, 0.15) is 13.3 Å². The summed E-state index contributed by atoms with van der Waals surface area (Å²) >= 11 is 0. The summed E-state index contributed by atoms with van der Waals surface area (Å²) in [6.45, 7) is 2.33. The Kier molecular flexibility index (Phi) is 3.84. The number of carbonyl (C=O) groups excluding carboxylic acids is 1. The molecule has 0 aromatic carbocycles. The average Bonchev–Trinajstić information content (AvgIpc) is 1.66. The second kappa shape index (κ2) is 4.30. The molecule has 0 aromatic rings. The first kappa shape index (κ1) is 7.14. The number of hydrogen-bond donors (Lipinski definition) is 1. The molecule has 0 saturated heterocycles. The van der Waals surface area contributed by atoms with Crippen LogP contribution in [0.25, 0.3) is 0 Å². The van der Waals surface area contributed by atoms with Gasteiger partial charge >= 0.3 is 0 Å². The summed E-state index contributed by atoms with van der Waals surface area (Å²) < 4.78 is 0. The molecule has 0 bridgehead atoms. The standard InChI is InChI=1S/C5H10N2O/c1-2-7-4-3-5(6)8/h2H,3-4H2,1H3,(H2,6,8). The van der Waals surface area contributed by atoms with E-state index in [1.807, 2.05) is 0 Å². The van der Waals surface area contributed by atoms with Crippen LogP contribution in [-0.2, 0) is 4.79 Å². The highest BCUT2D eigenvalue weighted by atomic mass is 16.1. The van der Waals surface area contributed by atoms with Gasteiger partial charge in [-0.05, 0) is 13.1 Å². The molecule has 0 aliphatic heterocycles. The van der Waals surface area contributed by atoms with Crippen molar-refractivity contribution < 1.29 is 4.79 Å². The van der Waals surface area contributed by atoms with Crippen molar-refractivity contribution in [1.82, 2.24) is 0 Å². The predicted molar refractivity (Wildman–Crippen MR) is 32.8 cm³/mol. The zero-order valence-electron chi connectivity index (χ0n) is 4.92. The largest absolute Gasteiger partial charge is 0.370 e. The van der Waals surface area contributed by atoms with Gasteiger partial charge in [-0.15, -0.1) is 0 Å². The van der Waals surface area contributed by atoms with Crippen molar-refractivity contribution in [1.29, 1.82) is 0 Å². The van der Waals surface area contributed by atoms with E-state index in [-0.39, 0.29) is 5.91 Å². The van der Waals surface area contributed by atoms with Gasteiger partial charge in [-0.1, -0.05) is 0 Å². The molecule has 0 saturated carbocycles. The maximum absolute atomic E-state index is 10.0. The number of aliphatic imine (C=N–C) groups is 1. The van der Waals surface area contributed by atoms with Crippen molar-refractivity contribution in [2.45, 2.75) is 13.3 Å². The molecule has 0 atom stereocenters. The van der Waals surface area contributed by atoms with E-state index >= 15 is 0 Å². The van der Waals surface area contributed by atoms with Gasteiger partial charge in [-0.2, -0.15) is 0 Å². The van der Waals surface area contributed by atoms with Crippen molar-refractivity contribution in [2.24, 2.45) is 10.7 Å². The Hall–Kier alpha value is -0.860. The Balaban J connectivity index is 3.05. The number of amides is 1. The van der Waals surface area contributed by atoms with E-state index in [9.17, 15) is 4.79 Å². The van der Waals surface area contributed by atoms with Crippen molar-refractivity contribution in [3.8, 4) is 0 Å². The fraction of sp³-hybridized carbons (Fsp3) is 0.600. The van der Waals surface area contributed by atoms with E-state index in [2.05, 4.69) is 4.99 Å². The molecule has 0 spiro atoms. The maximum atomic E-state index is 10.0. The van der Waals surface area contributed by atoms with Crippen molar-refractivity contribution >= 4 is 12.1 Å². The highest BCUT2D eigenvalue weighted by molar-refractivity contribution is 5.74. The Morgan fingerprint density at radius 3 is 2.88 bits per heavy atom. The molecule has 0 unspecified atom stereocenters. The number of nitrogens with zero attached hydrogens (tertiary/aromatic N) is 1. The summed E-state index contributed by atoms with van der Waals surface area (Å²) in [6.07, 6.45) is 2.01. The van der Waals surface area contributed by atoms with Gasteiger partial charge in [0.1, 0.15) is 0 Å². The van der Waals surface area contributed by atoms with Crippen LogP contribution >= 0.6 is 0 Å². The third-order valence-corrected chi connectivity index (χ3v) is 0.670. The maximum Gasteiger partial charge on any atom is 0.219 e. The molecule has 0 radical (unpaired) electrons. The van der Waals surface area contributed by atoms with Gasteiger partial charge < -0.3 is 5.73 Å². The van der Waals surface area contributed by atoms with Crippen LogP contribution < -0.4 is 5.73 Å². The van der Waals surface area contributed by atoms with E-state index in [1.54, 1.807) is 13.1 Å². The molecule has 0 aliphatic rings. The third-order valence-electron chi connectivity index (χ3n) is 0.670. The van der Waals surface area contributed by atoms with Gasteiger partial charge in [-0.3, -0.25) is 9.79 Å². The molecule has 0 heterocycles. The summed E-state index contributed by atoms with van der Waals surface area (Å²) in [7, 11) is 0. The van der Waals surface area contributed by atoms with Crippen molar-refractivity contribution in [3.05, 3.63) is 0 Å². The van der Waals surface area contributed by atoms with Crippen LogP contribution in [-0.4, -0.2) is 18.7 Å². The molecular formula is C5H10N2O. The number of primary amides is 1. The number of rotatable bonds is 3. The molecule has 46 valence electrons. The molecule has 0 aromatic heterocycles. The third kappa shape index (κ3) is 5.14. The second-order valence-corrected chi connectivity index (χ2v) is 1.38. The minimum Gasteiger partial charge on any atom is -0.370 e. The summed E-state index contributed by atoms with van der Waals surface area (Å²) in [4.78, 5) is 13.8. The molecule has 0 rings (SSSR count). The van der Waals surface area contributed by atoms with Crippen molar-refractivity contribution in [2.75, 3.05) is 6.54 Å². The minimum atomic E-state index is -0.296. The van der Waals surface area contributed by atoms with Crippen LogP contribution in [0.5, 0.6) is 0 Å². The molecule has 2 N–H and O–H groups in total. The average molecular weight is 114 g/mol. The Morgan fingerprint density at radius 1 is 1.88 bits per heavy atom. The molecule has 1 amide bonds. The monoisotopic (exact) mass is 114 g/mol. The zero-order chi connectivity index (χ0) is 6.41. The van der Waals surface area contributed by atoms with Gasteiger partial charge in [0.25, 0.3) is 0 Å². The number of nitrogens with two attached hydrogens (primary N) is 1. The van der Waals surface area contributed by atoms with Gasteiger partial charge in [0.2, 0.25) is 5.91 Å². The lowest BCUT2D eigenvalue weighted by Gasteiger charge is -1.85. The summed E-state index contributed by atoms with van der Waals surface area (Å²) in [5.74, 6) is -0.296. The highest BCUT2D eigenvalue weighted by Gasteiger charge is 1.87. The summed E-state index contributed by atoms with van der Waals surface area (Å²) in [5.41, 5.74) is 4.82. The van der Waals surface area contributed by atoms with E-state index in [0.717, 1.165) is 0 Å². The molecule has 3 nitrogen and oxygen atoms in total. The first-order valence-corrected chi connectivity index (χ1v) is 2.50. The lowest BCUT2D eigenvalue weighted by Crippen LogP contribution is -2.11. The zero-order valence-corrected chi connectivity index (χ0v) is 4.92. The number of hydrogen-bond acceptors (Lipinski definition) is 2. The van der Waals surface area contributed by atoms with Crippen LogP contribution in [0.2, 0.25) is 0 Å². The molecule has 3 heteroatoms. The van der Waals surface area contributed by atoms with Gasteiger partial charge in [0, 0.05) is 13.0 Å². The molecule has 8 heavy (non-hydrogen) atoms. The highest BCUT2D eigenvalue weighted by Crippen LogP contribution is 1.75. The number of carbonyl (C=O) groups is 1. The fourth-order valence-electron chi connectivity index (χ4n) is 0.304. The molecule has 0 aliphatic carbocycles. The van der Waals surface area contributed by atoms with E-state index < -0.39 is 0 Å². The topological polar surface area (TPSA) is 55.4 Å². The lowest BCUT2D eigenvalue weighted by molar-refractivity contribution is -0.117.